The molecule has 178 valence electrons. The summed E-state index contributed by atoms with van der Waals surface area (Å²) in [5.74, 6) is -0.962. The highest BCUT2D eigenvalue weighted by atomic mass is 32.2. The molecule has 0 aromatic heterocycles. The number of rotatable bonds is 5. The van der Waals surface area contributed by atoms with Crippen molar-refractivity contribution in [2.24, 2.45) is 11.8 Å². The molecule has 2 unspecified atom stereocenters. The zero-order valence-electron chi connectivity index (χ0n) is 18.7. The molecule has 0 aromatic carbocycles. The molecular weight excluding hydrogens is 435 g/mol. The molecule has 3 fully saturated rings. The van der Waals surface area contributed by atoms with E-state index in [9.17, 15) is 22.4 Å². The van der Waals surface area contributed by atoms with Crippen molar-refractivity contribution in [1.82, 2.24) is 20.9 Å². The van der Waals surface area contributed by atoms with Crippen molar-refractivity contribution in [1.29, 1.82) is 0 Å². The summed E-state index contributed by atoms with van der Waals surface area (Å²) < 4.78 is 37.8. The van der Waals surface area contributed by atoms with Crippen molar-refractivity contribution in [2.45, 2.75) is 57.5 Å². The zero-order chi connectivity index (χ0) is 23.1. The van der Waals surface area contributed by atoms with Crippen molar-refractivity contribution < 1.29 is 22.4 Å². The van der Waals surface area contributed by atoms with Gasteiger partial charge in [0.15, 0.2) is 0 Å². The van der Waals surface area contributed by atoms with Crippen LogP contribution in [0.4, 0.5) is 4.39 Å². The van der Waals surface area contributed by atoms with E-state index in [1.54, 1.807) is 0 Å². The average molecular weight is 469 g/mol. The van der Waals surface area contributed by atoms with Crippen molar-refractivity contribution in [2.75, 3.05) is 31.1 Å². The highest BCUT2D eigenvalue weighted by Gasteiger charge is 2.55. The van der Waals surface area contributed by atoms with Crippen molar-refractivity contribution in [3.63, 3.8) is 0 Å². The fourth-order valence-electron chi connectivity index (χ4n) is 5.51. The average Bonchev–Trinajstić information content (AvgIpc) is 3.00. The second-order valence-corrected chi connectivity index (χ2v) is 11.8. The highest BCUT2D eigenvalue weighted by Crippen LogP contribution is 2.44. The number of halogens is 1. The Hall–Kier alpha value is -1.94. The smallest absolute Gasteiger partial charge is 0.245 e. The molecule has 4 aliphatic rings. The molecule has 2 amide bonds. The van der Waals surface area contributed by atoms with Crippen LogP contribution in [0.3, 0.4) is 0 Å². The van der Waals surface area contributed by atoms with Crippen LogP contribution in [0.1, 0.15) is 46.0 Å². The van der Waals surface area contributed by atoms with Crippen LogP contribution in [0.25, 0.3) is 0 Å². The molecular formula is C22H33FN4O4S. The first-order chi connectivity index (χ1) is 15.1. The SMILES string of the molecule is CCNC1=C2NC(=O)C(C)(N3CCC[C@@H](NC(=O)C4CCS(=O)(=O)CC4)C3)C2CC(F)=C1. The molecule has 3 aliphatic heterocycles. The Labute approximate surface area is 189 Å². The van der Waals surface area contributed by atoms with Crippen LogP contribution in [-0.2, 0) is 19.4 Å². The van der Waals surface area contributed by atoms with Gasteiger partial charge in [0.25, 0.3) is 0 Å². The number of piperidine rings is 1. The maximum absolute atomic E-state index is 14.5. The Morgan fingerprint density at radius 2 is 2.03 bits per heavy atom. The third-order valence-electron chi connectivity index (χ3n) is 7.44. The van der Waals surface area contributed by atoms with Crippen molar-refractivity contribution >= 4 is 21.7 Å². The Morgan fingerprint density at radius 1 is 1.31 bits per heavy atom. The van der Waals surface area contributed by atoms with Gasteiger partial charge in [-0.15, -0.1) is 0 Å². The Morgan fingerprint density at radius 3 is 2.72 bits per heavy atom. The second kappa shape index (κ2) is 8.78. The lowest BCUT2D eigenvalue weighted by Gasteiger charge is -2.45. The van der Waals surface area contributed by atoms with Crippen LogP contribution in [0, 0.1) is 11.8 Å². The Kier molecular flexibility index (Phi) is 6.37. The Balaban J connectivity index is 1.46. The molecule has 4 rings (SSSR count). The molecule has 0 spiro atoms. The topological polar surface area (TPSA) is 108 Å². The van der Waals surface area contributed by atoms with Crippen LogP contribution in [0.5, 0.6) is 0 Å². The van der Waals surface area contributed by atoms with Crippen LogP contribution in [-0.4, -0.2) is 67.9 Å². The van der Waals surface area contributed by atoms with Crippen LogP contribution >= 0.6 is 0 Å². The molecule has 3 heterocycles. The molecule has 3 N–H and O–H groups in total. The van der Waals surface area contributed by atoms with E-state index in [-0.39, 0.29) is 53.4 Å². The number of hydrogen-bond acceptors (Lipinski definition) is 6. The summed E-state index contributed by atoms with van der Waals surface area (Å²) in [5, 5.41) is 9.24. The predicted octanol–water partition coefficient (Wildman–Crippen LogP) is 0.975. The van der Waals surface area contributed by atoms with Gasteiger partial charge < -0.3 is 16.0 Å². The minimum absolute atomic E-state index is 0.0596. The second-order valence-electron chi connectivity index (χ2n) is 9.53. The van der Waals surface area contributed by atoms with Gasteiger partial charge in [0.05, 0.1) is 17.2 Å². The molecule has 10 heteroatoms. The number of carbonyl (C=O) groups is 2. The number of allylic oxidation sites excluding steroid dienone is 2. The van der Waals surface area contributed by atoms with Crippen LogP contribution < -0.4 is 16.0 Å². The van der Waals surface area contributed by atoms with E-state index in [4.69, 9.17) is 0 Å². The van der Waals surface area contributed by atoms with E-state index in [1.165, 1.54) is 6.08 Å². The minimum Gasteiger partial charge on any atom is -0.384 e. The summed E-state index contributed by atoms with van der Waals surface area (Å²) in [7, 11) is -3.02. The molecule has 3 atom stereocenters. The molecule has 1 aliphatic carbocycles. The molecule has 0 bridgehead atoms. The van der Waals surface area contributed by atoms with Gasteiger partial charge in [-0.1, -0.05) is 0 Å². The van der Waals surface area contributed by atoms with Gasteiger partial charge in [0.2, 0.25) is 11.8 Å². The molecule has 0 aromatic rings. The first-order valence-corrected chi connectivity index (χ1v) is 13.4. The number of carbonyl (C=O) groups excluding carboxylic acids is 2. The predicted molar refractivity (Wildman–Crippen MR) is 119 cm³/mol. The Bertz CT molecular complexity index is 949. The van der Waals surface area contributed by atoms with Gasteiger partial charge in [0, 0.05) is 43.1 Å². The largest absolute Gasteiger partial charge is 0.384 e. The van der Waals surface area contributed by atoms with E-state index in [0.717, 1.165) is 18.5 Å². The van der Waals surface area contributed by atoms with Gasteiger partial charge in [-0.2, -0.15) is 0 Å². The van der Waals surface area contributed by atoms with E-state index >= 15 is 0 Å². The van der Waals surface area contributed by atoms with E-state index in [1.807, 2.05) is 13.8 Å². The number of fused-ring (bicyclic) bond motifs is 1. The third-order valence-corrected chi connectivity index (χ3v) is 9.16. The van der Waals surface area contributed by atoms with Crippen LogP contribution in [0.15, 0.2) is 23.3 Å². The fourth-order valence-corrected chi connectivity index (χ4v) is 7.00. The van der Waals surface area contributed by atoms with E-state index < -0.39 is 15.4 Å². The number of nitrogens with one attached hydrogen (secondary N) is 3. The zero-order valence-corrected chi connectivity index (χ0v) is 19.6. The van der Waals surface area contributed by atoms with Gasteiger partial charge >= 0.3 is 0 Å². The summed E-state index contributed by atoms with van der Waals surface area (Å²) in [4.78, 5) is 28.0. The molecule has 0 radical (unpaired) electrons. The maximum Gasteiger partial charge on any atom is 0.245 e. The first kappa shape index (κ1) is 23.2. The van der Waals surface area contributed by atoms with E-state index in [2.05, 4.69) is 20.9 Å². The lowest BCUT2D eigenvalue weighted by atomic mass is 9.78. The lowest BCUT2D eigenvalue weighted by molar-refractivity contribution is -0.132. The van der Waals surface area contributed by atoms with Gasteiger partial charge in [-0.05, 0) is 52.2 Å². The molecule has 8 nitrogen and oxygen atoms in total. The number of sulfone groups is 1. The summed E-state index contributed by atoms with van der Waals surface area (Å²) in [6.45, 7) is 5.63. The number of amides is 2. The lowest BCUT2D eigenvalue weighted by Crippen LogP contribution is -2.61. The highest BCUT2D eigenvalue weighted by molar-refractivity contribution is 7.91. The summed E-state index contributed by atoms with van der Waals surface area (Å²) in [6.07, 6.45) is 3.97. The first-order valence-electron chi connectivity index (χ1n) is 11.6. The van der Waals surface area contributed by atoms with Crippen molar-refractivity contribution in [3.05, 3.63) is 23.3 Å². The van der Waals surface area contributed by atoms with E-state index in [0.29, 0.717) is 38.2 Å². The number of likely N-dealkylation sites (tertiary alicyclic amines) is 1. The molecule has 0 saturated carbocycles. The fraction of sp³-hybridized carbons (Fsp3) is 0.727. The maximum atomic E-state index is 14.5. The normalized spacial score (nSPS) is 33.3. The molecule has 3 saturated heterocycles. The number of hydrogen-bond donors (Lipinski definition) is 3. The van der Waals surface area contributed by atoms with Gasteiger partial charge in [-0.3, -0.25) is 14.5 Å². The summed E-state index contributed by atoms with van der Waals surface area (Å²) in [6, 6.07) is -0.121. The quantitative estimate of drug-likeness (QED) is 0.555. The third kappa shape index (κ3) is 4.31. The monoisotopic (exact) mass is 468 g/mol. The minimum atomic E-state index is -3.02. The summed E-state index contributed by atoms with van der Waals surface area (Å²) in [5.41, 5.74) is 0.479. The molecule has 32 heavy (non-hydrogen) atoms. The number of nitrogens with zero attached hydrogens (tertiary/aromatic N) is 1. The van der Waals surface area contributed by atoms with Gasteiger partial charge in [0.1, 0.15) is 21.2 Å². The van der Waals surface area contributed by atoms with Crippen molar-refractivity contribution in [3.8, 4) is 0 Å². The number of likely N-dealkylation sites (N-methyl/N-ethyl adjacent to an activating group) is 1. The summed E-state index contributed by atoms with van der Waals surface area (Å²) >= 11 is 0. The van der Waals surface area contributed by atoms with Gasteiger partial charge in [-0.25, -0.2) is 12.8 Å². The standard InChI is InChI=1S/C22H33FN4O4S/c1-3-24-18-12-15(23)11-17-19(18)26-21(29)22(17,2)27-8-4-5-16(13-27)25-20(28)14-6-9-32(30,31)10-7-14/h12,14,16-17,24H,3-11,13H2,1-2H3,(H,25,28)(H,26,29)/t16-,17?,22?/m1/s1. The van der Waals surface area contributed by atoms with Crippen LogP contribution in [0.2, 0.25) is 0 Å².